The highest BCUT2D eigenvalue weighted by atomic mass is 16.1. The molecule has 102 valence electrons. The highest BCUT2D eigenvalue weighted by molar-refractivity contribution is 5.76. The molecule has 0 aliphatic carbocycles. The number of hydrogen-bond donors (Lipinski definition) is 2. The number of nitrogens with zero attached hydrogens (tertiary/aromatic N) is 3. The standard InChI is InChI=1S/C12H23N5O/c1-10(12-16-14-9-17(12)2)15-11(18)7-5-3-4-6-8-13/h9-10H,3-8,13H2,1-2H3,(H,15,18). The van der Waals surface area contributed by atoms with Crippen LogP contribution in [0.15, 0.2) is 6.33 Å². The van der Waals surface area contributed by atoms with Crippen molar-refractivity contribution in [3.8, 4) is 0 Å². The second kappa shape index (κ2) is 7.81. The lowest BCUT2D eigenvalue weighted by Gasteiger charge is -2.12. The molecule has 1 heterocycles. The van der Waals surface area contributed by atoms with Gasteiger partial charge < -0.3 is 15.6 Å². The number of nitrogens with one attached hydrogen (secondary N) is 1. The van der Waals surface area contributed by atoms with Crippen LogP contribution in [0.1, 0.15) is 50.9 Å². The summed E-state index contributed by atoms with van der Waals surface area (Å²) in [5, 5.41) is 10.7. The number of unbranched alkanes of at least 4 members (excludes halogenated alkanes) is 3. The number of carbonyl (C=O) groups is 1. The van der Waals surface area contributed by atoms with Gasteiger partial charge in [-0.25, -0.2) is 0 Å². The molecular weight excluding hydrogens is 230 g/mol. The number of aryl methyl sites for hydroxylation is 1. The van der Waals surface area contributed by atoms with Crippen molar-refractivity contribution in [2.45, 2.75) is 45.1 Å². The Morgan fingerprint density at radius 1 is 1.44 bits per heavy atom. The summed E-state index contributed by atoms with van der Waals surface area (Å²) in [5.74, 6) is 0.838. The minimum absolute atomic E-state index is 0.0678. The van der Waals surface area contributed by atoms with Crippen LogP contribution < -0.4 is 11.1 Å². The minimum atomic E-state index is -0.103. The van der Waals surface area contributed by atoms with E-state index in [1.807, 2.05) is 18.5 Å². The molecule has 0 saturated heterocycles. The molecule has 3 N–H and O–H groups in total. The summed E-state index contributed by atoms with van der Waals surface area (Å²) >= 11 is 0. The highest BCUT2D eigenvalue weighted by Gasteiger charge is 2.13. The molecule has 18 heavy (non-hydrogen) atoms. The summed E-state index contributed by atoms with van der Waals surface area (Å²) in [4.78, 5) is 11.7. The monoisotopic (exact) mass is 253 g/mol. The molecule has 0 aliphatic rings. The number of hydrogen-bond acceptors (Lipinski definition) is 4. The number of aromatic nitrogens is 3. The fourth-order valence-electron chi connectivity index (χ4n) is 1.85. The molecule has 0 bridgehead atoms. The summed E-state index contributed by atoms with van der Waals surface area (Å²) < 4.78 is 1.81. The number of amides is 1. The van der Waals surface area contributed by atoms with Crippen molar-refractivity contribution in [3.63, 3.8) is 0 Å². The molecule has 0 radical (unpaired) electrons. The van der Waals surface area contributed by atoms with Crippen molar-refractivity contribution in [1.82, 2.24) is 20.1 Å². The van der Waals surface area contributed by atoms with Gasteiger partial charge in [-0.05, 0) is 26.3 Å². The highest BCUT2D eigenvalue weighted by Crippen LogP contribution is 2.08. The van der Waals surface area contributed by atoms with Gasteiger partial charge in [0, 0.05) is 13.5 Å². The zero-order valence-electron chi connectivity index (χ0n) is 11.2. The zero-order chi connectivity index (χ0) is 13.4. The summed E-state index contributed by atoms with van der Waals surface area (Å²) in [5.41, 5.74) is 5.41. The van der Waals surface area contributed by atoms with Crippen LogP contribution in [0.4, 0.5) is 0 Å². The maximum absolute atomic E-state index is 11.7. The zero-order valence-corrected chi connectivity index (χ0v) is 11.2. The maximum atomic E-state index is 11.7. The van der Waals surface area contributed by atoms with E-state index in [0.29, 0.717) is 6.42 Å². The Balaban J connectivity index is 2.22. The maximum Gasteiger partial charge on any atom is 0.220 e. The van der Waals surface area contributed by atoms with Crippen molar-refractivity contribution in [3.05, 3.63) is 12.2 Å². The second-order valence-electron chi connectivity index (χ2n) is 4.54. The van der Waals surface area contributed by atoms with Crippen LogP contribution in [-0.4, -0.2) is 27.2 Å². The Labute approximate surface area is 108 Å². The Morgan fingerprint density at radius 3 is 2.78 bits per heavy atom. The van der Waals surface area contributed by atoms with Gasteiger partial charge in [0.25, 0.3) is 0 Å². The quantitative estimate of drug-likeness (QED) is 0.674. The van der Waals surface area contributed by atoms with Crippen molar-refractivity contribution in [2.24, 2.45) is 12.8 Å². The van der Waals surface area contributed by atoms with Crippen LogP contribution in [0, 0.1) is 0 Å². The van der Waals surface area contributed by atoms with Gasteiger partial charge in [-0.1, -0.05) is 12.8 Å². The van der Waals surface area contributed by atoms with Crippen LogP contribution >= 0.6 is 0 Å². The van der Waals surface area contributed by atoms with Crippen molar-refractivity contribution in [1.29, 1.82) is 0 Å². The molecule has 1 aromatic rings. The normalized spacial score (nSPS) is 12.4. The summed E-state index contributed by atoms with van der Waals surface area (Å²) in [7, 11) is 1.87. The predicted molar refractivity (Wildman–Crippen MR) is 69.7 cm³/mol. The van der Waals surface area contributed by atoms with Gasteiger partial charge >= 0.3 is 0 Å². The van der Waals surface area contributed by atoms with E-state index >= 15 is 0 Å². The third-order valence-corrected chi connectivity index (χ3v) is 2.87. The molecule has 0 aliphatic heterocycles. The summed E-state index contributed by atoms with van der Waals surface area (Å²) in [6.07, 6.45) is 6.30. The topological polar surface area (TPSA) is 85.8 Å². The van der Waals surface area contributed by atoms with E-state index in [1.165, 1.54) is 0 Å². The third kappa shape index (κ3) is 4.83. The molecule has 1 atom stereocenters. The van der Waals surface area contributed by atoms with Crippen LogP contribution in [-0.2, 0) is 11.8 Å². The van der Waals surface area contributed by atoms with E-state index in [9.17, 15) is 4.79 Å². The first-order chi connectivity index (χ1) is 8.65. The summed E-state index contributed by atoms with van der Waals surface area (Å²) in [6.45, 7) is 2.64. The number of rotatable bonds is 8. The average molecular weight is 253 g/mol. The second-order valence-corrected chi connectivity index (χ2v) is 4.54. The van der Waals surface area contributed by atoms with Crippen LogP contribution in [0.5, 0.6) is 0 Å². The lowest BCUT2D eigenvalue weighted by atomic mass is 10.1. The first-order valence-corrected chi connectivity index (χ1v) is 6.48. The average Bonchev–Trinajstić information content (AvgIpc) is 2.75. The van der Waals surface area contributed by atoms with E-state index in [4.69, 9.17) is 5.73 Å². The lowest BCUT2D eigenvalue weighted by Crippen LogP contribution is -2.28. The largest absolute Gasteiger partial charge is 0.346 e. The molecule has 6 nitrogen and oxygen atoms in total. The molecule has 6 heteroatoms. The molecule has 1 unspecified atom stereocenters. The molecule has 1 amide bonds. The Morgan fingerprint density at radius 2 is 2.17 bits per heavy atom. The number of nitrogens with two attached hydrogens (primary N) is 1. The van der Waals surface area contributed by atoms with E-state index in [2.05, 4.69) is 15.5 Å². The van der Waals surface area contributed by atoms with Gasteiger partial charge in [-0.3, -0.25) is 4.79 Å². The van der Waals surface area contributed by atoms with Crippen molar-refractivity contribution >= 4 is 5.91 Å². The lowest BCUT2D eigenvalue weighted by molar-refractivity contribution is -0.121. The van der Waals surface area contributed by atoms with Crippen LogP contribution in [0.25, 0.3) is 0 Å². The molecule has 1 aromatic heterocycles. The Kier molecular flexibility index (Phi) is 6.35. The smallest absolute Gasteiger partial charge is 0.220 e. The summed E-state index contributed by atoms with van der Waals surface area (Å²) in [6, 6.07) is -0.103. The first-order valence-electron chi connectivity index (χ1n) is 6.48. The fraction of sp³-hybridized carbons (Fsp3) is 0.750. The van der Waals surface area contributed by atoms with Gasteiger partial charge in [0.1, 0.15) is 6.33 Å². The van der Waals surface area contributed by atoms with E-state index in [-0.39, 0.29) is 11.9 Å². The van der Waals surface area contributed by atoms with E-state index < -0.39 is 0 Å². The van der Waals surface area contributed by atoms with Gasteiger partial charge in [0.05, 0.1) is 6.04 Å². The predicted octanol–water partition coefficient (Wildman–Crippen LogP) is 0.901. The van der Waals surface area contributed by atoms with Crippen LogP contribution in [0.2, 0.25) is 0 Å². The van der Waals surface area contributed by atoms with E-state index in [1.54, 1.807) is 6.33 Å². The minimum Gasteiger partial charge on any atom is -0.346 e. The van der Waals surface area contributed by atoms with E-state index in [0.717, 1.165) is 38.1 Å². The van der Waals surface area contributed by atoms with Crippen molar-refractivity contribution < 1.29 is 4.79 Å². The molecule has 1 rings (SSSR count). The molecule has 0 spiro atoms. The van der Waals surface area contributed by atoms with Gasteiger partial charge in [-0.2, -0.15) is 0 Å². The number of carbonyl (C=O) groups excluding carboxylic acids is 1. The van der Waals surface area contributed by atoms with Crippen molar-refractivity contribution in [2.75, 3.05) is 6.54 Å². The molecule has 0 aromatic carbocycles. The van der Waals surface area contributed by atoms with Gasteiger partial charge in [-0.15, -0.1) is 10.2 Å². The third-order valence-electron chi connectivity index (χ3n) is 2.87. The molecular formula is C12H23N5O. The first kappa shape index (κ1) is 14.6. The molecule has 0 fully saturated rings. The van der Waals surface area contributed by atoms with Gasteiger partial charge in [0.15, 0.2) is 5.82 Å². The Bertz CT molecular complexity index is 363. The Hall–Kier alpha value is -1.43. The molecule has 0 saturated carbocycles. The SMILES string of the molecule is CC(NC(=O)CCCCCCN)c1nncn1C. The fourth-order valence-corrected chi connectivity index (χ4v) is 1.85. The van der Waals surface area contributed by atoms with Crippen LogP contribution in [0.3, 0.4) is 0 Å². The van der Waals surface area contributed by atoms with Gasteiger partial charge in [0.2, 0.25) is 5.91 Å².